The van der Waals surface area contributed by atoms with Crippen LogP contribution in [0.5, 0.6) is 0 Å². The fourth-order valence-electron chi connectivity index (χ4n) is 2.18. The number of furan rings is 1. The molecule has 0 radical (unpaired) electrons. The maximum Gasteiger partial charge on any atom is 0.242 e. The van der Waals surface area contributed by atoms with Crippen molar-refractivity contribution in [2.75, 3.05) is 0 Å². The molecular weight excluding hydrogens is 299 g/mol. The summed E-state index contributed by atoms with van der Waals surface area (Å²) in [7, 11) is 0. The lowest BCUT2D eigenvalue weighted by atomic mass is 10.1. The summed E-state index contributed by atoms with van der Waals surface area (Å²) in [5.41, 5.74) is 0.757. The van der Waals surface area contributed by atoms with Gasteiger partial charge in [-0.15, -0.1) is 0 Å². The second kappa shape index (κ2) is 7.58. The highest BCUT2D eigenvalue weighted by Gasteiger charge is 2.23. The third-order valence-electron chi connectivity index (χ3n) is 3.53. The second-order valence-corrected chi connectivity index (χ2v) is 5.25. The standard InChI is InChI=1S/C17H19FN2O3/c1-12(17(22)19-10-16-4-3-9-23-16)20(13(2)21)11-14-5-7-15(18)8-6-14/h3-9,12H,10-11H2,1-2H3,(H,19,22). The molecule has 0 aliphatic rings. The first-order valence-corrected chi connectivity index (χ1v) is 7.29. The number of halogens is 1. The number of nitrogens with one attached hydrogen (secondary N) is 1. The molecule has 2 amide bonds. The van der Waals surface area contributed by atoms with Gasteiger partial charge in [0.25, 0.3) is 0 Å². The zero-order valence-corrected chi connectivity index (χ0v) is 13.1. The smallest absolute Gasteiger partial charge is 0.242 e. The topological polar surface area (TPSA) is 62.6 Å². The molecular formula is C17H19FN2O3. The zero-order chi connectivity index (χ0) is 16.8. The van der Waals surface area contributed by atoms with Gasteiger partial charge >= 0.3 is 0 Å². The van der Waals surface area contributed by atoms with Gasteiger partial charge in [-0.2, -0.15) is 0 Å². The van der Waals surface area contributed by atoms with E-state index in [1.165, 1.54) is 30.2 Å². The largest absolute Gasteiger partial charge is 0.467 e. The van der Waals surface area contributed by atoms with Crippen molar-refractivity contribution in [3.63, 3.8) is 0 Å². The molecule has 0 saturated carbocycles. The average molecular weight is 318 g/mol. The SMILES string of the molecule is CC(=O)N(Cc1ccc(F)cc1)C(C)C(=O)NCc1ccco1. The van der Waals surface area contributed by atoms with E-state index in [4.69, 9.17) is 4.42 Å². The third-order valence-corrected chi connectivity index (χ3v) is 3.53. The molecule has 0 saturated heterocycles. The lowest BCUT2D eigenvalue weighted by Gasteiger charge is -2.27. The number of hydrogen-bond acceptors (Lipinski definition) is 3. The van der Waals surface area contributed by atoms with Gasteiger partial charge in [0.15, 0.2) is 0 Å². The molecule has 0 fully saturated rings. The molecule has 2 aromatic rings. The molecule has 1 N–H and O–H groups in total. The summed E-state index contributed by atoms with van der Waals surface area (Å²) in [6.07, 6.45) is 1.53. The fraction of sp³-hybridized carbons (Fsp3) is 0.294. The van der Waals surface area contributed by atoms with Crippen LogP contribution in [0.25, 0.3) is 0 Å². The summed E-state index contributed by atoms with van der Waals surface area (Å²) < 4.78 is 18.1. The monoisotopic (exact) mass is 318 g/mol. The molecule has 6 heteroatoms. The highest BCUT2D eigenvalue weighted by molar-refractivity contribution is 5.86. The molecule has 0 aliphatic heterocycles. The van der Waals surface area contributed by atoms with Crippen molar-refractivity contribution in [2.45, 2.75) is 33.0 Å². The van der Waals surface area contributed by atoms with Crippen molar-refractivity contribution in [3.05, 3.63) is 59.8 Å². The number of carbonyl (C=O) groups excluding carboxylic acids is 2. The third kappa shape index (κ3) is 4.67. The zero-order valence-electron chi connectivity index (χ0n) is 13.1. The van der Waals surface area contributed by atoms with Crippen molar-refractivity contribution in [3.8, 4) is 0 Å². The Balaban J connectivity index is 1.99. The summed E-state index contributed by atoms with van der Waals surface area (Å²) >= 11 is 0. The normalized spacial score (nSPS) is 11.8. The molecule has 0 bridgehead atoms. The number of benzene rings is 1. The van der Waals surface area contributed by atoms with Crippen LogP contribution < -0.4 is 5.32 Å². The molecule has 1 atom stereocenters. The van der Waals surface area contributed by atoms with E-state index in [-0.39, 0.29) is 30.7 Å². The quantitative estimate of drug-likeness (QED) is 0.890. The Morgan fingerprint density at radius 1 is 1.26 bits per heavy atom. The molecule has 122 valence electrons. The Hall–Kier alpha value is -2.63. The van der Waals surface area contributed by atoms with Gasteiger partial charge in [-0.25, -0.2) is 4.39 Å². The number of amides is 2. The number of rotatable bonds is 6. The van der Waals surface area contributed by atoms with Crippen LogP contribution in [0.3, 0.4) is 0 Å². The van der Waals surface area contributed by atoms with Crippen molar-refractivity contribution in [1.82, 2.24) is 10.2 Å². The predicted octanol–water partition coefficient (Wildman–Crippen LogP) is 2.47. The highest BCUT2D eigenvalue weighted by Crippen LogP contribution is 2.11. The van der Waals surface area contributed by atoms with Crippen molar-refractivity contribution in [1.29, 1.82) is 0 Å². The first-order chi connectivity index (χ1) is 11.0. The minimum absolute atomic E-state index is 0.227. The van der Waals surface area contributed by atoms with Gasteiger partial charge < -0.3 is 14.6 Å². The highest BCUT2D eigenvalue weighted by atomic mass is 19.1. The summed E-state index contributed by atoms with van der Waals surface area (Å²) in [6.45, 7) is 3.56. The van der Waals surface area contributed by atoms with E-state index in [0.717, 1.165) is 5.56 Å². The minimum atomic E-state index is -0.646. The molecule has 0 aliphatic carbocycles. The molecule has 1 aromatic heterocycles. The molecule has 1 unspecified atom stereocenters. The number of hydrogen-bond donors (Lipinski definition) is 1. The Bertz CT molecular complexity index is 653. The van der Waals surface area contributed by atoms with Crippen molar-refractivity contribution >= 4 is 11.8 Å². The van der Waals surface area contributed by atoms with Crippen LogP contribution in [-0.2, 0) is 22.7 Å². The van der Waals surface area contributed by atoms with E-state index in [2.05, 4.69) is 5.32 Å². The summed E-state index contributed by atoms with van der Waals surface area (Å²) in [4.78, 5) is 25.5. The molecule has 23 heavy (non-hydrogen) atoms. The number of nitrogens with zero attached hydrogens (tertiary/aromatic N) is 1. The van der Waals surface area contributed by atoms with Crippen molar-refractivity contribution in [2.24, 2.45) is 0 Å². The molecule has 1 heterocycles. The van der Waals surface area contributed by atoms with E-state index in [9.17, 15) is 14.0 Å². The maximum atomic E-state index is 13.0. The lowest BCUT2D eigenvalue weighted by Crippen LogP contribution is -2.46. The first kappa shape index (κ1) is 16.7. The van der Waals surface area contributed by atoms with Gasteiger partial charge in [-0.3, -0.25) is 9.59 Å². The first-order valence-electron chi connectivity index (χ1n) is 7.29. The van der Waals surface area contributed by atoms with Gasteiger partial charge in [-0.1, -0.05) is 12.1 Å². The molecule has 5 nitrogen and oxygen atoms in total. The van der Waals surface area contributed by atoms with E-state index in [1.807, 2.05) is 0 Å². The van der Waals surface area contributed by atoms with Gasteiger partial charge in [0, 0.05) is 13.5 Å². The van der Waals surface area contributed by atoms with Gasteiger partial charge in [-0.05, 0) is 36.8 Å². The Morgan fingerprint density at radius 2 is 1.96 bits per heavy atom. The predicted molar refractivity (Wildman–Crippen MR) is 82.6 cm³/mol. The summed E-state index contributed by atoms with van der Waals surface area (Å²) in [5, 5.41) is 2.73. The van der Waals surface area contributed by atoms with Gasteiger partial charge in [0.1, 0.15) is 17.6 Å². The van der Waals surface area contributed by atoms with Crippen molar-refractivity contribution < 1.29 is 18.4 Å². The van der Waals surface area contributed by atoms with E-state index < -0.39 is 6.04 Å². The molecule has 1 aromatic carbocycles. The van der Waals surface area contributed by atoms with Gasteiger partial charge in [0.2, 0.25) is 11.8 Å². The van der Waals surface area contributed by atoms with E-state index >= 15 is 0 Å². The molecule has 0 spiro atoms. The van der Waals surface area contributed by atoms with Gasteiger partial charge in [0.05, 0.1) is 12.8 Å². The Labute approximate surface area is 134 Å². The van der Waals surface area contributed by atoms with Crippen LogP contribution in [0.2, 0.25) is 0 Å². The summed E-state index contributed by atoms with van der Waals surface area (Å²) in [5.74, 6) is -0.209. The van der Waals surface area contributed by atoms with Crippen LogP contribution in [-0.4, -0.2) is 22.8 Å². The fourth-order valence-corrected chi connectivity index (χ4v) is 2.18. The van der Waals surface area contributed by atoms with Crippen LogP contribution in [0.15, 0.2) is 47.1 Å². The number of carbonyl (C=O) groups is 2. The lowest BCUT2D eigenvalue weighted by molar-refractivity contribution is -0.139. The van der Waals surface area contributed by atoms with Crippen LogP contribution >= 0.6 is 0 Å². The summed E-state index contributed by atoms with van der Waals surface area (Å²) in [6, 6.07) is 8.70. The molecule has 2 rings (SSSR count). The Morgan fingerprint density at radius 3 is 2.52 bits per heavy atom. The Kier molecular flexibility index (Phi) is 5.51. The second-order valence-electron chi connectivity index (χ2n) is 5.25. The van der Waals surface area contributed by atoms with E-state index in [1.54, 1.807) is 31.2 Å². The van der Waals surface area contributed by atoms with Crippen LogP contribution in [0, 0.1) is 5.82 Å². The van der Waals surface area contributed by atoms with Crippen LogP contribution in [0.1, 0.15) is 25.2 Å². The minimum Gasteiger partial charge on any atom is -0.467 e. The average Bonchev–Trinajstić information content (AvgIpc) is 3.04. The maximum absolute atomic E-state index is 13.0. The van der Waals surface area contributed by atoms with Crippen LogP contribution in [0.4, 0.5) is 4.39 Å². The van der Waals surface area contributed by atoms with E-state index in [0.29, 0.717) is 5.76 Å².